The SMILES string of the molecule is CC(NCC1COCCO1)c1cnc2ccsc2c1. The van der Waals surface area contributed by atoms with Gasteiger partial charge in [0.25, 0.3) is 0 Å². The van der Waals surface area contributed by atoms with Gasteiger partial charge in [-0.25, -0.2) is 0 Å². The summed E-state index contributed by atoms with van der Waals surface area (Å²) in [7, 11) is 0. The Morgan fingerprint density at radius 2 is 2.47 bits per heavy atom. The maximum atomic E-state index is 5.62. The minimum Gasteiger partial charge on any atom is -0.376 e. The first kappa shape index (κ1) is 13.0. The summed E-state index contributed by atoms with van der Waals surface area (Å²) >= 11 is 1.73. The number of thiophene rings is 1. The fourth-order valence-corrected chi connectivity index (χ4v) is 2.97. The Morgan fingerprint density at radius 1 is 1.53 bits per heavy atom. The van der Waals surface area contributed by atoms with Crippen LogP contribution in [0.2, 0.25) is 0 Å². The normalized spacial score (nSPS) is 21.6. The lowest BCUT2D eigenvalue weighted by Gasteiger charge is -2.25. The van der Waals surface area contributed by atoms with Gasteiger partial charge in [-0.05, 0) is 30.0 Å². The maximum Gasteiger partial charge on any atom is 0.0933 e. The lowest BCUT2D eigenvalue weighted by molar-refractivity contribution is -0.0869. The second-order valence-corrected chi connectivity index (χ2v) is 5.72. The van der Waals surface area contributed by atoms with E-state index in [4.69, 9.17) is 9.47 Å². The molecule has 5 heteroatoms. The zero-order valence-corrected chi connectivity index (χ0v) is 11.8. The summed E-state index contributed by atoms with van der Waals surface area (Å²) in [6.45, 7) is 5.06. The molecule has 0 saturated carbocycles. The molecule has 19 heavy (non-hydrogen) atoms. The Kier molecular flexibility index (Phi) is 4.08. The fraction of sp³-hybridized carbons (Fsp3) is 0.500. The van der Waals surface area contributed by atoms with Gasteiger partial charge < -0.3 is 14.8 Å². The average molecular weight is 278 g/mol. The predicted octanol–water partition coefficient (Wildman–Crippen LogP) is 2.36. The number of hydrogen-bond donors (Lipinski definition) is 1. The van der Waals surface area contributed by atoms with Crippen molar-refractivity contribution in [2.24, 2.45) is 0 Å². The van der Waals surface area contributed by atoms with Crippen LogP contribution in [0, 0.1) is 0 Å². The summed E-state index contributed by atoms with van der Waals surface area (Å²) < 4.78 is 12.3. The van der Waals surface area contributed by atoms with E-state index < -0.39 is 0 Å². The molecule has 1 saturated heterocycles. The number of fused-ring (bicyclic) bond motifs is 1. The molecule has 0 spiro atoms. The fourth-order valence-electron chi connectivity index (χ4n) is 2.18. The Hall–Kier alpha value is -1.01. The molecule has 2 atom stereocenters. The Balaban J connectivity index is 1.60. The highest BCUT2D eigenvalue weighted by atomic mass is 32.1. The standard InChI is InChI=1S/C14H18N2O2S/c1-10(15-8-12-9-17-3-4-18-12)11-6-14-13(16-7-11)2-5-19-14/h2,5-7,10,12,15H,3-4,8-9H2,1H3. The number of nitrogens with zero attached hydrogens (tertiary/aromatic N) is 1. The van der Waals surface area contributed by atoms with Crippen LogP contribution in [0.4, 0.5) is 0 Å². The van der Waals surface area contributed by atoms with Crippen LogP contribution in [0.25, 0.3) is 10.2 Å². The summed E-state index contributed by atoms with van der Waals surface area (Å²) in [5.41, 5.74) is 2.29. The number of aromatic nitrogens is 1. The summed E-state index contributed by atoms with van der Waals surface area (Å²) in [6, 6.07) is 4.53. The number of hydrogen-bond acceptors (Lipinski definition) is 5. The third-order valence-corrected chi connectivity index (χ3v) is 4.21. The minimum atomic E-state index is 0.162. The predicted molar refractivity (Wildman–Crippen MR) is 76.6 cm³/mol. The molecular formula is C14H18N2O2S. The summed E-state index contributed by atoms with van der Waals surface area (Å²) in [5.74, 6) is 0. The number of pyridine rings is 1. The van der Waals surface area contributed by atoms with E-state index in [9.17, 15) is 0 Å². The minimum absolute atomic E-state index is 0.162. The molecule has 4 nitrogen and oxygen atoms in total. The molecule has 0 aromatic carbocycles. The smallest absolute Gasteiger partial charge is 0.0933 e. The molecule has 102 valence electrons. The molecule has 3 rings (SSSR count). The quantitative estimate of drug-likeness (QED) is 0.932. The molecule has 1 aliphatic heterocycles. The van der Waals surface area contributed by atoms with E-state index in [1.54, 1.807) is 11.3 Å². The van der Waals surface area contributed by atoms with Crippen molar-refractivity contribution in [1.29, 1.82) is 0 Å². The summed E-state index contributed by atoms with van der Waals surface area (Å²) in [5, 5.41) is 5.56. The second kappa shape index (κ2) is 5.96. The van der Waals surface area contributed by atoms with Crippen molar-refractivity contribution < 1.29 is 9.47 Å². The van der Waals surface area contributed by atoms with E-state index in [0.717, 1.165) is 12.1 Å². The molecule has 0 amide bonds. The highest BCUT2D eigenvalue weighted by Crippen LogP contribution is 2.22. The molecule has 3 heterocycles. The molecule has 1 fully saturated rings. The van der Waals surface area contributed by atoms with Crippen LogP contribution in [-0.2, 0) is 9.47 Å². The van der Waals surface area contributed by atoms with Gasteiger partial charge in [-0.2, -0.15) is 0 Å². The van der Waals surface area contributed by atoms with Crippen LogP contribution in [-0.4, -0.2) is 37.5 Å². The first-order valence-electron chi connectivity index (χ1n) is 6.59. The van der Waals surface area contributed by atoms with Gasteiger partial charge in [-0.1, -0.05) is 0 Å². The van der Waals surface area contributed by atoms with E-state index >= 15 is 0 Å². The van der Waals surface area contributed by atoms with E-state index in [-0.39, 0.29) is 12.1 Å². The molecule has 2 aromatic rings. The third-order valence-electron chi connectivity index (χ3n) is 3.36. The van der Waals surface area contributed by atoms with Crippen LogP contribution in [0.5, 0.6) is 0 Å². The van der Waals surface area contributed by atoms with Crippen LogP contribution < -0.4 is 5.32 Å². The van der Waals surface area contributed by atoms with Crippen molar-refractivity contribution in [1.82, 2.24) is 10.3 Å². The van der Waals surface area contributed by atoms with Gasteiger partial charge in [-0.15, -0.1) is 11.3 Å². The molecule has 0 aliphatic carbocycles. The maximum absolute atomic E-state index is 5.62. The van der Waals surface area contributed by atoms with Gasteiger partial charge in [0.1, 0.15) is 0 Å². The van der Waals surface area contributed by atoms with Crippen molar-refractivity contribution in [3.05, 3.63) is 29.3 Å². The van der Waals surface area contributed by atoms with Crippen molar-refractivity contribution in [3.8, 4) is 0 Å². The third kappa shape index (κ3) is 3.12. The van der Waals surface area contributed by atoms with Gasteiger partial charge in [0.15, 0.2) is 0 Å². The first-order chi connectivity index (χ1) is 9.33. The molecule has 0 radical (unpaired) electrons. The zero-order valence-electron chi connectivity index (χ0n) is 11.0. The Labute approximate surface area is 116 Å². The van der Waals surface area contributed by atoms with Gasteiger partial charge >= 0.3 is 0 Å². The largest absolute Gasteiger partial charge is 0.376 e. The average Bonchev–Trinajstić information content (AvgIpc) is 2.93. The molecule has 0 bridgehead atoms. The van der Waals surface area contributed by atoms with E-state index in [2.05, 4.69) is 34.7 Å². The van der Waals surface area contributed by atoms with Crippen molar-refractivity contribution in [2.45, 2.75) is 19.1 Å². The summed E-state index contributed by atoms with van der Waals surface area (Å²) in [4.78, 5) is 4.47. The second-order valence-electron chi connectivity index (χ2n) is 4.77. The Morgan fingerprint density at radius 3 is 3.32 bits per heavy atom. The number of nitrogens with one attached hydrogen (secondary N) is 1. The summed E-state index contributed by atoms with van der Waals surface area (Å²) in [6.07, 6.45) is 2.11. The highest BCUT2D eigenvalue weighted by molar-refractivity contribution is 7.17. The van der Waals surface area contributed by atoms with E-state index in [1.165, 1.54) is 10.3 Å². The van der Waals surface area contributed by atoms with Crippen molar-refractivity contribution >= 4 is 21.6 Å². The zero-order chi connectivity index (χ0) is 13.1. The van der Waals surface area contributed by atoms with Gasteiger partial charge in [0, 0.05) is 18.8 Å². The molecule has 1 aliphatic rings. The number of rotatable bonds is 4. The first-order valence-corrected chi connectivity index (χ1v) is 7.47. The lowest BCUT2D eigenvalue weighted by Crippen LogP contribution is -2.38. The molecule has 2 aromatic heterocycles. The van der Waals surface area contributed by atoms with Crippen LogP contribution >= 0.6 is 11.3 Å². The van der Waals surface area contributed by atoms with Gasteiger partial charge in [-0.3, -0.25) is 4.98 Å². The van der Waals surface area contributed by atoms with E-state index in [0.29, 0.717) is 19.8 Å². The molecular weight excluding hydrogens is 260 g/mol. The van der Waals surface area contributed by atoms with Crippen LogP contribution in [0.1, 0.15) is 18.5 Å². The molecule has 2 unspecified atom stereocenters. The van der Waals surface area contributed by atoms with Gasteiger partial charge in [0.2, 0.25) is 0 Å². The monoisotopic (exact) mass is 278 g/mol. The van der Waals surface area contributed by atoms with Gasteiger partial charge in [0.05, 0.1) is 36.1 Å². The van der Waals surface area contributed by atoms with Crippen LogP contribution in [0.15, 0.2) is 23.7 Å². The van der Waals surface area contributed by atoms with Crippen molar-refractivity contribution in [3.63, 3.8) is 0 Å². The number of ether oxygens (including phenoxy) is 2. The van der Waals surface area contributed by atoms with Crippen molar-refractivity contribution in [2.75, 3.05) is 26.4 Å². The van der Waals surface area contributed by atoms with E-state index in [1.807, 2.05) is 6.20 Å². The highest BCUT2D eigenvalue weighted by Gasteiger charge is 2.15. The molecule has 1 N–H and O–H groups in total. The lowest BCUT2D eigenvalue weighted by atomic mass is 10.1. The van der Waals surface area contributed by atoms with Crippen LogP contribution in [0.3, 0.4) is 0 Å². The topological polar surface area (TPSA) is 43.4 Å². The Bertz CT molecular complexity index is 537.